The van der Waals surface area contributed by atoms with Gasteiger partial charge in [-0.05, 0) is 28.3 Å². The molecule has 0 amide bonds. The number of hydrogen-bond acceptors (Lipinski definition) is 1. The predicted molar refractivity (Wildman–Crippen MR) is 96.2 cm³/mol. The van der Waals surface area contributed by atoms with E-state index < -0.39 is 0 Å². The molecule has 0 aromatic heterocycles. The maximum absolute atomic E-state index is 14.7. The van der Waals surface area contributed by atoms with Crippen molar-refractivity contribution in [2.75, 3.05) is 0 Å². The van der Waals surface area contributed by atoms with Crippen molar-refractivity contribution in [1.29, 1.82) is 0 Å². The molecule has 0 unspecified atom stereocenters. The lowest BCUT2D eigenvalue weighted by molar-refractivity contribution is 0.483. The molecule has 23 heavy (non-hydrogen) atoms. The van der Waals surface area contributed by atoms with Crippen molar-refractivity contribution in [2.24, 2.45) is 0 Å². The van der Waals surface area contributed by atoms with E-state index in [9.17, 15) is 9.50 Å². The largest absolute Gasteiger partial charge is 0.507 e. The van der Waals surface area contributed by atoms with E-state index in [2.05, 4.69) is 15.9 Å². The van der Waals surface area contributed by atoms with Crippen LogP contribution in [-0.4, -0.2) is 5.11 Å². The van der Waals surface area contributed by atoms with Gasteiger partial charge in [0.05, 0.1) is 0 Å². The molecule has 0 spiro atoms. The van der Waals surface area contributed by atoms with Crippen molar-refractivity contribution in [1.82, 2.24) is 0 Å². The highest BCUT2D eigenvalue weighted by atomic mass is 79.9. The van der Waals surface area contributed by atoms with Crippen LogP contribution in [0.25, 0.3) is 32.7 Å². The molecule has 1 N–H and O–H groups in total. The molecular weight excluding hydrogens is 355 g/mol. The average Bonchev–Trinajstić information content (AvgIpc) is 2.57. The summed E-state index contributed by atoms with van der Waals surface area (Å²) in [4.78, 5) is 0. The van der Waals surface area contributed by atoms with E-state index in [4.69, 9.17) is 0 Å². The maximum Gasteiger partial charge on any atom is 0.132 e. The molecular formula is C20H12BrFO. The van der Waals surface area contributed by atoms with Gasteiger partial charge in [0.15, 0.2) is 0 Å². The lowest BCUT2D eigenvalue weighted by Gasteiger charge is -2.13. The van der Waals surface area contributed by atoms with Crippen LogP contribution in [0.5, 0.6) is 5.75 Å². The Morgan fingerprint density at radius 3 is 2.22 bits per heavy atom. The molecule has 4 aromatic carbocycles. The summed E-state index contributed by atoms with van der Waals surface area (Å²) in [6.07, 6.45) is 0. The van der Waals surface area contributed by atoms with Gasteiger partial charge in [-0.3, -0.25) is 0 Å². The lowest BCUT2D eigenvalue weighted by atomic mass is 9.94. The van der Waals surface area contributed by atoms with Crippen LogP contribution in [0.4, 0.5) is 4.39 Å². The Hall–Kier alpha value is -2.39. The number of halogens is 2. The predicted octanol–water partition coefficient (Wildman–Crippen LogP) is 6.27. The molecule has 0 heterocycles. The fourth-order valence-electron chi connectivity index (χ4n) is 3.03. The molecule has 3 heteroatoms. The standard InChI is InChI=1S/C20H12BrFO/c21-17-11-18(22)19(15-8-4-3-7-14(15)17)16-10-9-12-5-1-2-6-13(12)20(16)23/h1-11,23H. The molecule has 0 aliphatic carbocycles. The minimum atomic E-state index is -0.360. The molecule has 0 radical (unpaired) electrons. The molecule has 4 rings (SSSR count). The van der Waals surface area contributed by atoms with Gasteiger partial charge in [-0.1, -0.05) is 70.5 Å². The summed E-state index contributed by atoms with van der Waals surface area (Å²) in [7, 11) is 0. The zero-order chi connectivity index (χ0) is 16.0. The van der Waals surface area contributed by atoms with Gasteiger partial charge in [0.25, 0.3) is 0 Å². The number of phenolic OH excluding ortho intramolecular Hbond substituents is 1. The molecule has 0 saturated carbocycles. The smallest absolute Gasteiger partial charge is 0.132 e. The van der Waals surface area contributed by atoms with Crippen molar-refractivity contribution in [3.8, 4) is 16.9 Å². The monoisotopic (exact) mass is 366 g/mol. The second kappa shape index (κ2) is 5.36. The van der Waals surface area contributed by atoms with Gasteiger partial charge in [0.2, 0.25) is 0 Å². The van der Waals surface area contributed by atoms with Gasteiger partial charge in [-0.25, -0.2) is 4.39 Å². The third kappa shape index (κ3) is 2.20. The van der Waals surface area contributed by atoms with Gasteiger partial charge in [0.1, 0.15) is 11.6 Å². The minimum Gasteiger partial charge on any atom is -0.507 e. The fourth-order valence-corrected chi connectivity index (χ4v) is 3.58. The van der Waals surface area contributed by atoms with Crippen LogP contribution < -0.4 is 0 Å². The van der Waals surface area contributed by atoms with Crippen LogP contribution in [0.1, 0.15) is 0 Å². The van der Waals surface area contributed by atoms with Crippen molar-refractivity contribution < 1.29 is 9.50 Å². The lowest BCUT2D eigenvalue weighted by Crippen LogP contribution is -1.90. The molecule has 112 valence electrons. The topological polar surface area (TPSA) is 20.2 Å². The Morgan fingerprint density at radius 2 is 1.43 bits per heavy atom. The summed E-state index contributed by atoms with van der Waals surface area (Å²) in [6.45, 7) is 0. The second-order valence-corrected chi connectivity index (χ2v) is 6.30. The zero-order valence-corrected chi connectivity index (χ0v) is 13.6. The van der Waals surface area contributed by atoms with Crippen LogP contribution in [0.15, 0.2) is 71.2 Å². The molecule has 0 aliphatic heterocycles. The summed E-state index contributed by atoms with van der Waals surface area (Å²) in [5, 5.41) is 14.0. The number of fused-ring (bicyclic) bond motifs is 2. The van der Waals surface area contributed by atoms with Crippen LogP contribution in [-0.2, 0) is 0 Å². The summed E-state index contributed by atoms with van der Waals surface area (Å²) >= 11 is 3.41. The van der Waals surface area contributed by atoms with E-state index in [-0.39, 0.29) is 11.6 Å². The first kappa shape index (κ1) is 14.2. The Kier molecular flexibility index (Phi) is 3.31. The van der Waals surface area contributed by atoms with Crippen molar-refractivity contribution in [3.63, 3.8) is 0 Å². The first-order valence-corrected chi connectivity index (χ1v) is 8.04. The fraction of sp³-hybridized carbons (Fsp3) is 0. The second-order valence-electron chi connectivity index (χ2n) is 5.44. The third-order valence-corrected chi connectivity index (χ3v) is 4.77. The van der Waals surface area contributed by atoms with Crippen molar-refractivity contribution in [3.05, 3.63) is 77.0 Å². The van der Waals surface area contributed by atoms with Crippen molar-refractivity contribution >= 4 is 37.5 Å². The molecule has 1 nitrogen and oxygen atoms in total. The van der Waals surface area contributed by atoms with E-state index in [0.29, 0.717) is 15.6 Å². The number of aromatic hydroxyl groups is 1. The van der Waals surface area contributed by atoms with E-state index >= 15 is 0 Å². The quantitative estimate of drug-likeness (QED) is 0.421. The van der Waals surface area contributed by atoms with Gasteiger partial charge >= 0.3 is 0 Å². The number of benzene rings is 4. The Labute approximate surface area is 141 Å². The van der Waals surface area contributed by atoms with E-state index in [1.54, 1.807) is 6.07 Å². The number of hydrogen-bond donors (Lipinski definition) is 1. The Bertz CT molecular complexity index is 1060. The van der Waals surface area contributed by atoms with Crippen LogP contribution in [0.3, 0.4) is 0 Å². The van der Waals surface area contributed by atoms with E-state index in [0.717, 1.165) is 21.5 Å². The molecule has 0 atom stereocenters. The molecule has 0 aliphatic rings. The van der Waals surface area contributed by atoms with E-state index in [1.807, 2.05) is 54.6 Å². The van der Waals surface area contributed by atoms with Crippen LogP contribution in [0.2, 0.25) is 0 Å². The minimum absolute atomic E-state index is 0.106. The highest BCUT2D eigenvalue weighted by Gasteiger charge is 2.17. The summed E-state index contributed by atoms with van der Waals surface area (Å²) in [6, 6.07) is 20.3. The first-order valence-electron chi connectivity index (χ1n) is 7.24. The molecule has 0 fully saturated rings. The van der Waals surface area contributed by atoms with Crippen molar-refractivity contribution in [2.45, 2.75) is 0 Å². The highest BCUT2D eigenvalue weighted by molar-refractivity contribution is 9.10. The zero-order valence-electron chi connectivity index (χ0n) is 12.1. The average molecular weight is 367 g/mol. The summed E-state index contributed by atoms with van der Waals surface area (Å²) < 4.78 is 15.4. The molecule has 4 aromatic rings. The third-order valence-electron chi connectivity index (χ3n) is 4.12. The molecule has 0 bridgehead atoms. The summed E-state index contributed by atoms with van der Waals surface area (Å²) in [5.41, 5.74) is 0.928. The van der Waals surface area contributed by atoms with Crippen LogP contribution >= 0.6 is 15.9 Å². The SMILES string of the molecule is Oc1c(-c2c(F)cc(Br)c3ccccc23)ccc2ccccc12. The first-order chi connectivity index (χ1) is 11.2. The van der Waals surface area contributed by atoms with Gasteiger partial charge in [-0.15, -0.1) is 0 Å². The normalized spacial score (nSPS) is 11.2. The maximum atomic E-state index is 14.7. The highest BCUT2D eigenvalue weighted by Crippen LogP contribution is 2.42. The van der Waals surface area contributed by atoms with E-state index in [1.165, 1.54) is 6.07 Å². The van der Waals surface area contributed by atoms with Gasteiger partial charge < -0.3 is 5.11 Å². The van der Waals surface area contributed by atoms with Gasteiger partial charge in [-0.2, -0.15) is 0 Å². The van der Waals surface area contributed by atoms with Gasteiger partial charge in [0, 0.05) is 21.0 Å². The Balaban J connectivity index is 2.13. The summed E-state index contributed by atoms with van der Waals surface area (Å²) in [5.74, 6) is -0.254. The molecule has 0 saturated heterocycles. The number of phenols is 1. The number of rotatable bonds is 1. The Morgan fingerprint density at radius 1 is 0.783 bits per heavy atom. The van der Waals surface area contributed by atoms with Crippen LogP contribution in [0, 0.1) is 5.82 Å².